The molecule has 10 nitrogen and oxygen atoms in total. The average molecular weight is 470 g/mol. The predicted octanol–water partition coefficient (Wildman–Crippen LogP) is 3.09. The van der Waals surface area contributed by atoms with Crippen molar-refractivity contribution in [2.45, 2.75) is 6.54 Å². The zero-order valence-corrected chi connectivity index (χ0v) is 18.4. The van der Waals surface area contributed by atoms with Crippen LogP contribution in [0.1, 0.15) is 36.6 Å². The molecule has 2 N–H and O–H groups in total. The fourth-order valence-electron chi connectivity index (χ4n) is 3.89. The SMILES string of the molecule is COc1ccc(CN2C(=O)c3ccccc3C2=O)cc1C(=O)Nc1cccc(-c2noc(=O)[nH]2)c1. The number of anilines is 1. The fourth-order valence-corrected chi connectivity index (χ4v) is 3.89. The smallest absolute Gasteiger partial charge is 0.439 e. The first-order chi connectivity index (χ1) is 16.9. The Bertz CT molecular complexity index is 1500. The van der Waals surface area contributed by atoms with Crippen LogP contribution >= 0.6 is 0 Å². The van der Waals surface area contributed by atoms with Gasteiger partial charge in [0.2, 0.25) is 0 Å². The molecule has 1 aliphatic rings. The molecule has 1 aliphatic heterocycles. The first kappa shape index (κ1) is 21.8. The maximum absolute atomic E-state index is 13.1. The van der Waals surface area contributed by atoms with Crippen LogP contribution in [0.25, 0.3) is 11.4 Å². The van der Waals surface area contributed by atoms with Crippen LogP contribution < -0.4 is 15.8 Å². The van der Waals surface area contributed by atoms with E-state index in [0.29, 0.717) is 33.7 Å². The predicted molar refractivity (Wildman–Crippen MR) is 124 cm³/mol. The van der Waals surface area contributed by atoms with Crippen LogP contribution in [0.15, 0.2) is 76.0 Å². The van der Waals surface area contributed by atoms with Crippen LogP contribution in [0.4, 0.5) is 5.69 Å². The minimum absolute atomic E-state index is 0.00558. The van der Waals surface area contributed by atoms with E-state index in [1.165, 1.54) is 7.11 Å². The number of nitrogens with zero attached hydrogens (tertiary/aromatic N) is 2. The molecule has 10 heteroatoms. The maximum Gasteiger partial charge on any atom is 0.439 e. The molecule has 0 unspecified atom stereocenters. The third-order valence-corrected chi connectivity index (χ3v) is 5.56. The molecule has 0 saturated heterocycles. The Morgan fingerprint density at radius 3 is 2.40 bits per heavy atom. The van der Waals surface area contributed by atoms with Gasteiger partial charge in [0, 0.05) is 11.3 Å². The minimum Gasteiger partial charge on any atom is -0.496 e. The lowest BCUT2D eigenvalue weighted by Gasteiger charge is -2.16. The highest BCUT2D eigenvalue weighted by Gasteiger charge is 2.35. The molecule has 4 aromatic rings. The van der Waals surface area contributed by atoms with E-state index in [1.807, 2.05) is 0 Å². The van der Waals surface area contributed by atoms with Gasteiger partial charge < -0.3 is 10.1 Å². The summed E-state index contributed by atoms with van der Waals surface area (Å²) in [5, 5.41) is 6.43. The number of hydrogen-bond donors (Lipinski definition) is 2. The van der Waals surface area contributed by atoms with Gasteiger partial charge in [-0.3, -0.25) is 28.8 Å². The van der Waals surface area contributed by atoms with Crippen LogP contribution in [0.2, 0.25) is 0 Å². The van der Waals surface area contributed by atoms with E-state index in [-0.39, 0.29) is 29.7 Å². The highest BCUT2D eigenvalue weighted by molar-refractivity contribution is 6.21. The summed E-state index contributed by atoms with van der Waals surface area (Å²) in [4.78, 5) is 53.4. The Balaban J connectivity index is 1.39. The summed E-state index contributed by atoms with van der Waals surface area (Å²) in [6.45, 7) is 0.00558. The summed E-state index contributed by atoms with van der Waals surface area (Å²) < 4.78 is 9.87. The molecule has 0 spiro atoms. The summed E-state index contributed by atoms with van der Waals surface area (Å²) in [7, 11) is 1.44. The topological polar surface area (TPSA) is 135 Å². The molecule has 1 aromatic heterocycles. The van der Waals surface area contributed by atoms with Crippen molar-refractivity contribution in [3.05, 3.63) is 99.5 Å². The number of ether oxygens (including phenoxy) is 1. The number of carbonyl (C=O) groups excluding carboxylic acids is 3. The molecular formula is C25H18N4O6. The molecule has 0 saturated carbocycles. The number of aromatic amines is 1. The molecule has 0 bridgehead atoms. The third-order valence-electron chi connectivity index (χ3n) is 5.56. The van der Waals surface area contributed by atoms with Crippen LogP contribution in [0.3, 0.4) is 0 Å². The van der Waals surface area contributed by atoms with Crippen molar-refractivity contribution in [3.8, 4) is 17.1 Å². The van der Waals surface area contributed by atoms with Crippen molar-refractivity contribution < 1.29 is 23.6 Å². The Kier molecular flexibility index (Phi) is 5.46. The normalized spacial score (nSPS) is 12.5. The number of H-pyrrole nitrogens is 1. The van der Waals surface area contributed by atoms with E-state index in [2.05, 4.69) is 20.0 Å². The molecule has 35 heavy (non-hydrogen) atoms. The lowest BCUT2D eigenvalue weighted by Crippen LogP contribution is -2.29. The van der Waals surface area contributed by atoms with Gasteiger partial charge in [0.05, 0.1) is 30.3 Å². The molecule has 174 valence electrons. The molecule has 5 rings (SSSR count). The number of hydrogen-bond acceptors (Lipinski definition) is 7. The average Bonchev–Trinajstić information content (AvgIpc) is 3.41. The lowest BCUT2D eigenvalue weighted by atomic mass is 10.1. The Hall–Kier alpha value is -4.99. The third kappa shape index (κ3) is 4.08. The summed E-state index contributed by atoms with van der Waals surface area (Å²) in [6, 6.07) is 18.2. The van der Waals surface area contributed by atoms with Crippen molar-refractivity contribution in [1.82, 2.24) is 15.0 Å². The number of imide groups is 1. The fraction of sp³-hybridized carbons (Fsp3) is 0.0800. The van der Waals surface area contributed by atoms with Gasteiger partial charge in [-0.1, -0.05) is 35.5 Å². The van der Waals surface area contributed by atoms with Crippen LogP contribution in [0.5, 0.6) is 5.75 Å². The Morgan fingerprint density at radius 2 is 1.74 bits per heavy atom. The highest BCUT2D eigenvalue weighted by atomic mass is 16.5. The van der Waals surface area contributed by atoms with Crippen LogP contribution in [-0.2, 0) is 6.54 Å². The number of nitrogens with one attached hydrogen (secondary N) is 2. The van der Waals surface area contributed by atoms with E-state index in [9.17, 15) is 19.2 Å². The van der Waals surface area contributed by atoms with Gasteiger partial charge >= 0.3 is 5.76 Å². The van der Waals surface area contributed by atoms with E-state index in [1.54, 1.807) is 66.7 Å². The molecular weight excluding hydrogens is 452 g/mol. The Morgan fingerprint density at radius 1 is 1.00 bits per heavy atom. The van der Waals surface area contributed by atoms with Crippen molar-refractivity contribution >= 4 is 23.4 Å². The van der Waals surface area contributed by atoms with Gasteiger partial charge in [0.15, 0.2) is 5.82 Å². The second kappa shape index (κ2) is 8.75. The van der Waals surface area contributed by atoms with Gasteiger partial charge in [0.25, 0.3) is 17.7 Å². The summed E-state index contributed by atoms with van der Waals surface area (Å²) in [5.74, 6) is -1.35. The number of amides is 3. The van der Waals surface area contributed by atoms with Crippen LogP contribution in [-0.4, -0.2) is 39.9 Å². The number of fused-ring (bicyclic) bond motifs is 1. The second-order valence-electron chi connectivity index (χ2n) is 7.76. The van der Waals surface area contributed by atoms with E-state index in [4.69, 9.17) is 4.74 Å². The van der Waals surface area contributed by atoms with Crippen molar-refractivity contribution in [2.24, 2.45) is 0 Å². The number of carbonyl (C=O) groups is 3. The Labute approximate surface area is 198 Å². The first-order valence-electron chi connectivity index (χ1n) is 10.5. The number of aromatic nitrogens is 2. The van der Waals surface area contributed by atoms with Gasteiger partial charge in [-0.25, -0.2) is 4.79 Å². The number of rotatable bonds is 6. The lowest BCUT2D eigenvalue weighted by molar-refractivity contribution is 0.0642. The quantitative estimate of drug-likeness (QED) is 0.414. The van der Waals surface area contributed by atoms with Crippen molar-refractivity contribution in [1.29, 1.82) is 0 Å². The molecule has 0 atom stereocenters. The monoisotopic (exact) mass is 470 g/mol. The van der Waals surface area contributed by atoms with Gasteiger partial charge in [-0.2, -0.15) is 0 Å². The van der Waals surface area contributed by atoms with Gasteiger partial charge in [0.1, 0.15) is 5.75 Å². The molecule has 0 aliphatic carbocycles. The molecule has 3 amide bonds. The molecule has 2 heterocycles. The number of benzene rings is 3. The summed E-state index contributed by atoms with van der Waals surface area (Å²) in [6.07, 6.45) is 0. The van der Waals surface area contributed by atoms with Crippen molar-refractivity contribution in [2.75, 3.05) is 12.4 Å². The van der Waals surface area contributed by atoms with Gasteiger partial charge in [-0.15, -0.1) is 0 Å². The zero-order chi connectivity index (χ0) is 24.5. The van der Waals surface area contributed by atoms with E-state index >= 15 is 0 Å². The molecule has 0 radical (unpaired) electrons. The largest absolute Gasteiger partial charge is 0.496 e. The van der Waals surface area contributed by atoms with Gasteiger partial charge in [-0.05, 0) is 42.0 Å². The first-order valence-corrected chi connectivity index (χ1v) is 10.5. The maximum atomic E-state index is 13.1. The second-order valence-corrected chi connectivity index (χ2v) is 7.76. The van der Waals surface area contributed by atoms with Crippen molar-refractivity contribution in [3.63, 3.8) is 0 Å². The molecule has 0 fully saturated rings. The minimum atomic E-state index is -0.686. The molecule has 3 aromatic carbocycles. The summed E-state index contributed by atoms with van der Waals surface area (Å²) >= 11 is 0. The van der Waals surface area contributed by atoms with Crippen LogP contribution in [0, 0.1) is 0 Å². The van der Waals surface area contributed by atoms with E-state index in [0.717, 1.165) is 4.90 Å². The zero-order valence-electron chi connectivity index (χ0n) is 18.4. The summed E-state index contributed by atoms with van der Waals surface area (Å²) in [5.41, 5.74) is 2.51. The number of methoxy groups -OCH3 is 1. The van der Waals surface area contributed by atoms with E-state index < -0.39 is 11.7 Å². The standard InChI is InChI=1S/C25H18N4O6/c1-34-20-10-9-14(13-29-23(31)17-7-2-3-8-18(17)24(29)32)11-19(20)22(30)26-16-6-4-5-15(12-16)21-27-25(33)35-28-21/h2-12H,13H2,1H3,(H,26,30)(H,27,28,33). The highest BCUT2D eigenvalue weighted by Crippen LogP contribution is 2.27.